The van der Waals surface area contributed by atoms with E-state index < -0.39 is 11.7 Å². The molecule has 17 heavy (non-hydrogen) atoms. The van der Waals surface area contributed by atoms with Crippen LogP contribution in [-0.4, -0.2) is 12.6 Å². The van der Waals surface area contributed by atoms with Gasteiger partial charge >= 0.3 is 6.18 Å². The minimum absolute atomic E-state index is 0.0981. The van der Waals surface area contributed by atoms with Gasteiger partial charge < -0.3 is 5.32 Å². The molecule has 1 rings (SSSR count). The predicted molar refractivity (Wildman–Crippen MR) is 63.3 cm³/mol. The Balaban J connectivity index is 2.91. The van der Waals surface area contributed by atoms with Gasteiger partial charge in [-0.25, -0.2) is 0 Å². The van der Waals surface area contributed by atoms with E-state index in [0.717, 1.165) is 18.7 Å². The third kappa shape index (κ3) is 4.21. The minimum Gasteiger partial charge on any atom is -0.314 e. The molecule has 0 amide bonds. The number of hydrogen-bond donors (Lipinski definition) is 1. The summed E-state index contributed by atoms with van der Waals surface area (Å²) in [6.45, 7) is 4.64. The molecule has 0 aromatic heterocycles. The van der Waals surface area contributed by atoms with Gasteiger partial charge in [0.2, 0.25) is 0 Å². The van der Waals surface area contributed by atoms with Crippen molar-refractivity contribution in [3.8, 4) is 0 Å². The molecule has 0 fully saturated rings. The maximum Gasteiger partial charge on any atom is 0.416 e. The number of hydrogen-bond acceptors (Lipinski definition) is 1. The summed E-state index contributed by atoms with van der Waals surface area (Å²) in [6, 6.07) is 3.53. The van der Waals surface area contributed by atoms with Gasteiger partial charge in [0.1, 0.15) is 0 Å². The highest BCUT2D eigenvalue weighted by Gasteiger charge is 2.30. The summed E-state index contributed by atoms with van der Waals surface area (Å²) in [5.41, 5.74) is -0.129. The molecule has 0 saturated heterocycles. The van der Waals surface area contributed by atoms with Crippen molar-refractivity contribution >= 4 is 11.6 Å². The standard InChI is InChI=1S/C12H15ClF3N/c1-3-17-8(2)6-9-7-10(12(14,15)16)4-5-11(9)13/h4-5,7-8,17H,3,6H2,1-2H3. The lowest BCUT2D eigenvalue weighted by Gasteiger charge is -2.15. The van der Waals surface area contributed by atoms with Crippen LogP contribution in [0.25, 0.3) is 0 Å². The zero-order valence-electron chi connectivity index (χ0n) is 9.74. The molecule has 1 aromatic rings. The zero-order valence-corrected chi connectivity index (χ0v) is 10.5. The summed E-state index contributed by atoms with van der Waals surface area (Å²) >= 11 is 5.90. The van der Waals surface area contributed by atoms with Crippen molar-refractivity contribution in [3.63, 3.8) is 0 Å². The molecule has 1 unspecified atom stereocenters. The Morgan fingerprint density at radius 3 is 2.53 bits per heavy atom. The van der Waals surface area contributed by atoms with E-state index in [0.29, 0.717) is 17.0 Å². The Bertz CT molecular complexity index is 377. The van der Waals surface area contributed by atoms with Crippen molar-refractivity contribution < 1.29 is 13.2 Å². The number of halogens is 4. The molecule has 96 valence electrons. The second-order valence-electron chi connectivity index (χ2n) is 3.97. The van der Waals surface area contributed by atoms with Crippen molar-refractivity contribution in [2.45, 2.75) is 32.5 Å². The highest BCUT2D eigenvalue weighted by atomic mass is 35.5. The Labute approximate surface area is 104 Å². The number of alkyl halides is 3. The van der Waals surface area contributed by atoms with E-state index >= 15 is 0 Å². The second kappa shape index (κ2) is 5.74. The number of rotatable bonds is 4. The van der Waals surface area contributed by atoms with E-state index in [1.807, 2.05) is 13.8 Å². The normalized spacial score (nSPS) is 13.8. The topological polar surface area (TPSA) is 12.0 Å². The molecule has 1 nitrogen and oxygen atoms in total. The van der Waals surface area contributed by atoms with Crippen LogP contribution in [0.1, 0.15) is 25.0 Å². The predicted octanol–water partition coefficient (Wildman–Crippen LogP) is 3.90. The SMILES string of the molecule is CCNC(C)Cc1cc(C(F)(F)F)ccc1Cl. The lowest BCUT2D eigenvalue weighted by Crippen LogP contribution is -2.27. The van der Waals surface area contributed by atoms with E-state index in [1.54, 1.807) is 0 Å². The molecule has 0 aliphatic rings. The number of nitrogens with one attached hydrogen (secondary N) is 1. The molecule has 1 atom stereocenters. The van der Waals surface area contributed by atoms with Crippen LogP contribution in [0.4, 0.5) is 13.2 Å². The van der Waals surface area contributed by atoms with Crippen molar-refractivity contribution in [2.75, 3.05) is 6.54 Å². The Morgan fingerprint density at radius 2 is 2.00 bits per heavy atom. The molecule has 0 spiro atoms. The van der Waals surface area contributed by atoms with E-state index in [2.05, 4.69) is 5.32 Å². The average Bonchev–Trinajstić information content (AvgIpc) is 2.20. The van der Waals surface area contributed by atoms with Gasteiger partial charge in [-0.15, -0.1) is 0 Å². The summed E-state index contributed by atoms with van der Waals surface area (Å²) < 4.78 is 37.6. The largest absolute Gasteiger partial charge is 0.416 e. The molecule has 0 bridgehead atoms. The smallest absolute Gasteiger partial charge is 0.314 e. The van der Waals surface area contributed by atoms with Crippen LogP contribution in [0.15, 0.2) is 18.2 Å². The van der Waals surface area contributed by atoms with Gasteiger partial charge in [0.15, 0.2) is 0 Å². The van der Waals surface area contributed by atoms with Crippen LogP contribution in [-0.2, 0) is 12.6 Å². The molecule has 0 radical (unpaired) electrons. The van der Waals surface area contributed by atoms with Crippen LogP contribution in [0.2, 0.25) is 5.02 Å². The molecular formula is C12H15ClF3N. The lowest BCUT2D eigenvalue weighted by atomic mass is 10.0. The summed E-state index contributed by atoms with van der Waals surface area (Å²) in [6.07, 6.45) is -3.84. The van der Waals surface area contributed by atoms with Crippen LogP contribution < -0.4 is 5.32 Å². The monoisotopic (exact) mass is 265 g/mol. The molecule has 0 heterocycles. The average molecular weight is 266 g/mol. The van der Waals surface area contributed by atoms with E-state index in [1.165, 1.54) is 6.07 Å². The van der Waals surface area contributed by atoms with Crippen LogP contribution in [0.3, 0.4) is 0 Å². The van der Waals surface area contributed by atoms with E-state index in [4.69, 9.17) is 11.6 Å². The Morgan fingerprint density at radius 1 is 1.35 bits per heavy atom. The molecule has 0 aliphatic carbocycles. The van der Waals surface area contributed by atoms with Gasteiger partial charge in [0.05, 0.1) is 5.56 Å². The molecule has 0 saturated carbocycles. The van der Waals surface area contributed by atoms with Gasteiger partial charge in [-0.1, -0.05) is 18.5 Å². The minimum atomic E-state index is -4.32. The van der Waals surface area contributed by atoms with Gasteiger partial charge in [-0.3, -0.25) is 0 Å². The highest BCUT2D eigenvalue weighted by molar-refractivity contribution is 6.31. The first-order chi connectivity index (χ1) is 7.84. The summed E-state index contributed by atoms with van der Waals surface area (Å²) in [5, 5.41) is 3.52. The van der Waals surface area contributed by atoms with Crippen molar-refractivity contribution in [3.05, 3.63) is 34.3 Å². The summed E-state index contributed by atoms with van der Waals surface area (Å²) in [5.74, 6) is 0. The first kappa shape index (κ1) is 14.3. The maximum absolute atomic E-state index is 12.5. The van der Waals surface area contributed by atoms with Crippen molar-refractivity contribution in [2.24, 2.45) is 0 Å². The first-order valence-corrected chi connectivity index (χ1v) is 5.81. The molecule has 0 aliphatic heterocycles. The third-order valence-corrected chi connectivity index (χ3v) is 2.82. The van der Waals surface area contributed by atoms with Crippen molar-refractivity contribution in [1.82, 2.24) is 5.32 Å². The quantitative estimate of drug-likeness (QED) is 0.871. The summed E-state index contributed by atoms with van der Waals surface area (Å²) in [7, 11) is 0. The highest BCUT2D eigenvalue weighted by Crippen LogP contribution is 2.32. The maximum atomic E-state index is 12.5. The lowest BCUT2D eigenvalue weighted by molar-refractivity contribution is -0.137. The summed E-state index contributed by atoms with van der Waals surface area (Å²) in [4.78, 5) is 0. The molecular weight excluding hydrogens is 251 g/mol. The van der Waals surface area contributed by atoms with Gasteiger partial charge in [-0.05, 0) is 43.7 Å². The first-order valence-electron chi connectivity index (χ1n) is 5.43. The third-order valence-electron chi connectivity index (χ3n) is 2.45. The van der Waals surface area contributed by atoms with Gasteiger partial charge in [0, 0.05) is 11.1 Å². The second-order valence-corrected chi connectivity index (χ2v) is 4.37. The zero-order chi connectivity index (χ0) is 13.1. The van der Waals surface area contributed by atoms with Gasteiger partial charge in [0.25, 0.3) is 0 Å². The van der Waals surface area contributed by atoms with Gasteiger partial charge in [-0.2, -0.15) is 13.2 Å². The van der Waals surface area contributed by atoms with E-state index in [-0.39, 0.29) is 6.04 Å². The fourth-order valence-electron chi connectivity index (χ4n) is 1.66. The van der Waals surface area contributed by atoms with E-state index in [9.17, 15) is 13.2 Å². The fourth-order valence-corrected chi connectivity index (χ4v) is 1.85. The Hall–Kier alpha value is -0.740. The fraction of sp³-hybridized carbons (Fsp3) is 0.500. The molecule has 1 aromatic carbocycles. The molecule has 5 heteroatoms. The molecule has 1 N–H and O–H groups in total. The van der Waals surface area contributed by atoms with Crippen LogP contribution >= 0.6 is 11.6 Å². The van der Waals surface area contributed by atoms with Crippen molar-refractivity contribution in [1.29, 1.82) is 0 Å². The Kier molecular flexibility index (Phi) is 4.83. The van der Waals surface area contributed by atoms with Crippen LogP contribution in [0.5, 0.6) is 0 Å². The number of likely N-dealkylation sites (N-methyl/N-ethyl adjacent to an activating group) is 1. The number of benzene rings is 1. The van der Waals surface area contributed by atoms with Crippen LogP contribution in [0, 0.1) is 0 Å².